The second-order valence-electron chi connectivity index (χ2n) is 10.8. The van der Waals surface area contributed by atoms with Gasteiger partial charge in [-0.05, 0) is 70.4 Å². The summed E-state index contributed by atoms with van der Waals surface area (Å²) in [5.41, 5.74) is 5.94. The molecule has 202 valence electrons. The van der Waals surface area contributed by atoms with Crippen molar-refractivity contribution in [3.63, 3.8) is 0 Å². The van der Waals surface area contributed by atoms with Crippen LogP contribution in [0.2, 0.25) is 0 Å². The van der Waals surface area contributed by atoms with E-state index < -0.39 is 0 Å². The Morgan fingerprint density at radius 1 is 0.488 bits per heavy atom. The molecule has 0 saturated heterocycles. The van der Waals surface area contributed by atoms with E-state index in [4.69, 9.17) is 0 Å². The number of nitrogens with zero attached hydrogens (tertiary/aromatic N) is 2. The van der Waals surface area contributed by atoms with Crippen molar-refractivity contribution in [3.05, 3.63) is 146 Å². The molecular weight excluding hydrogens is 561 g/mol. The summed E-state index contributed by atoms with van der Waals surface area (Å²) < 4.78 is 5.09. The predicted octanol–water partition coefficient (Wildman–Crippen LogP) is 12.1. The molecule has 4 heteroatoms. The van der Waals surface area contributed by atoms with E-state index in [-0.39, 0.29) is 0 Å². The highest BCUT2D eigenvalue weighted by atomic mass is 32.1. The van der Waals surface area contributed by atoms with E-state index in [0.29, 0.717) is 0 Å². The summed E-state index contributed by atoms with van der Waals surface area (Å²) in [4.78, 5) is 6.79. The summed E-state index contributed by atoms with van der Waals surface area (Å²) in [5, 5.41) is 7.65. The zero-order valence-corrected chi connectivity index (χ0v) is 24.7. The van der Waals surface area contributed by atoms with E-state index in [1.165, 1.54) is 67.9 Å². The van der Waals surface area contributed by atoms with Crippen molar-refractivity contribution < 1.29 is 0 Å². The average molecular weight is 585 g/mol. The number of benzene rings is 6. The molecule has 9 aromatic rings. The van der Waals surface area contributed by atoms with Gasteiger partial charge in [0.05, 0.1) is 15.1 Å². The van der Waals surface area contributed by atoms with Crippen LogP contribution in [0.5, 0.6) is 0 Å². The first-order valence-electron chi connectivity index (χ1n) is 14.4. The van der Waals surface area contributed by atoms with E-state index in [2.05, 4.69) is 143 Å². The lowest BCUT2D eigenvalue weighted by atomic mass is 9.98. The number of rotatable bonds is 4. The SMILES string of the molecule is c1ccc2c(-c3ccc(N(c4ccc5sc6cnccc6c5c4)c4cccc5c4sc4ccccc45)cc3)cccc2c1. The van der Waals surface area contributed by atoms with Gasteiger partial charge < -0.3 is 4.90 Å². The zero-order chi connectivity index (χ0) is 28.3. The van der Waals surface area contributed by atoms with Crippen LogP contribution < -0.4 is 4.90 Å². The van der Waals surface area contributed by atoms with Crippen LogP contribution in [0.15, 0.2) is 146 Å². The topological polar surface area (TPSA) is 16.1 Å². The Morgan fingerprint density at radius 3 is 2.14 bits per heavy atom. The minimum Gasteiger partial charge on any atom is -0.309 e. The van der Waals surface area contributed by atoms with E-state index in [9.17, 15) is 0 Å². The average Bonchev–Trinajstić information content (AvgIpc) is 3.64. The lowest BCUT2D eigenvalue weighted by Gasteiger charge is -2.26. The molecule has 0 unspecified atom stereocenters. The lowest BCUT2D eigenvalue weighted by molar-refractivity contribution is 1.31. The highest BCUT2D eigenvalue weighted by Crippen LogP contribution is 2.46. The Kier molecular flexibility index (Phi) is 5.58. The van der Waals surface area contributed by atoms with Gasteiger partial charge in [-0.3, -0.25) is 4.98 Å². The molecule has 0 fully saturated rings. The van der Waals surface area contributed by atoms with Crippen LogP contribution in [0.1, 0.15) is 0 Å². The number of aromatic nitrogens is 1. The van der Waals surface area contributed by atoms with Gasteiger partial charge in [0, 0.05) is 54.7 Å². The van der Waals surface area contributed by atoms with Crippen molar-refractivity contribution in [1.29, 1.82) is 0 Å². The highest BCUT2D eigenvalue weighted by Gasteiger charge is 2.19. The van der Waals surface area contributed by atoms with Crippen molar-refractivity contribution in [3.8, 4) is 11.1 Å². The van der Waals surface area contributed by atoms with Gasteiger partial charge in [0.15, 0.2) is 0 Å². The molecular formula is C39H24N2S2. The summed E-state index contributed by atoms with van der Waals surface area (Å²) in [6, 6.07) is 48.7. The van der Waals surface area contributed by atoms with Gasteiger partial charge in [0.2, 0.25) is 0 Å². The Hall–Kier alpha value is -5.03. The molecule has 43 heavy (non-hydrogen) atoms. The van der Waals surface area contributed by atoms with Crippen LogP contribution >= 0.6 is 22.7 Å². The maximum absolute atomic E-state index is 4.37. The first-order valence-corrected chi connectivity index (χ1v) is 16.0. The van der Waals surface area contributed by atoms with E-state index in [1.54, 1.807) is 11.3 Å². The normalized spacial score (nSPS) is 11.7. The molecule has 0 spiro atoms. The van der Waals surface area contributed by atoms with Gasteiger partial charge in [0.1, 0.15) is 0 Å². The first kappa shape index (κ1) is 24.6. The first-order chi connectivity index (χ1) is 21.3. The standard InChI is InChI=1S/C39H24N2S2/c1-2-9-29-25(7-1)8-5-11-30(29)26-15-17-27(18-16-26)41(28-19-20-37-34(23-28)32-21-22-40-24-38(32)42-37)35-13-6-12-33-31-10-3-4-14-36(31)43-39(33)35/h1-24H. The summed E-state index contributed by atoms with van der Waals surface area (Å²) in [5.74, 6) is 0. The molecule has 0 aliphatic carbocycles. The van der Waals surface area contributed by atoms with Crippen LogP contribution in [0.4, 0.5) is 17.1 Å². The summed E-state index contributed by atoms with van der Waals surface area (Å²) in [7, 11) is 0. The third-order valence-corrected chi connectivity index (χ3v) is 10.7. The Labute approximate surface area is 256 Å². The number of thiophene rings is 2. The quantitative estimate of drug-likeness (QED) is 0.205. The van der Waals surface area contributed by atoms with Gasteiger partial charge in [-0.15, -0.1) is 22.7 Å². The zero-order valence-electron chi connectivity index (χ0n) is 23.1. The predicted molar refractivity (Wildman–Crippen MR) is 188 cm³/mol. The second-order valence-corrected chi connectivity index (χ2v) is 13.0. The Morgan fingerprint density at radius 2 is 1.21 bits per heavy atom. The summed E-state index contributed by atoms with van der Waals surface area (Å²) in [6.07, 6.45) is 3.87. The van der Waals surface area contributed by atoms with Gasteiger partial charge in [-0.2, -0.15) is 0 Å². The molecule has 0 atom stereocenters. The van der Waals surface area contributed by atoms with E-state index in [0.717, 1.165) is 11.4 Å². The van der Waals surface area contributed by atoms with Crippen LogP contribution in [0.3, 0.4) is 0 Å². The number of hydrogen-bond acceptors (Lipinski definition) is 4. The number of hydrogen-bond donors (Lipinski definition) is 0. The minimum absolute atomic E-state index is 1.13. The van der Waals surface area contributed by atoms with Gasteiger partial charge in [-0.1, -0.05) is 84.9 Å². The van der Waals surface area contributed by atoms with Crippen molar-refractivity contribution in [2.75, 3.05) is 4.90 Å². The number of anilines is 3. The molecule has 0 N–H and O–H groups in total. The third-order valence-electron chi connectivity index (χ3n) is 8.37. The van der Waals surface area contributed by atoms with Crippen LogP contribution in [-0.2, 0) is 0 Å². The molecule has 2 nitrogen and oxygen atoms in total. The molecule has 3 aromatic heterocycles. The van der Waals surface area contributed by atoms with Gasteiger partial charge in [-0.25, -0.2) is 0 Å². The van der Waals surface area contributed by atoms with Crippen LogP contribution in [0.25, 0.3) is 62.2 Å². The highest BCUT2D eigenvalue weighted by molar-refractivity contribution is 7.26. The summed E-state index contributed by atoms with van der Waals surface area (Å²) >= 11 is 3.67. The lowest BCUT2D eigenvalue weighted by Crippen LogP contribution is -2.10. The monoisotopic (exact) mass is 584 g/mol. The maximum atomic E-state index is 4.37. The van der Waals surface area contributed by atoms with Crippen LogP contribution in [-0.4, -0.2) is 4.98 Å². The fourth-order valence-corrected chi connectivity index (χ4v) is 8.62. The fourth-order valence-electron chi connectivity index (χ4n) is 6.36. The van der Waals surface area contributed by atoms with Gasteiger partial charge in [0.25, 0.3) is 0 Å². The minimum atomic E-state index is 1.13. The summed E-state index contributed by atoms with van der Waals surface area (Å²) in [6.45, 7) is 0. The van der Waals surface area contributed by atoms with Crippen LogP contribution in [0, 0.1) is 0 Å². The van der Waals surface area contributed by atoms with Crippen molar-refractivity contribution in [2.45, 2.75) is 0 Å². The second kappa shape index (κ2) is 9.77. The molecule has 3 heterocycles. The number of pyridine rings is 1. The van der Waals surface area contributed by atoms with Crippen molar-refractivity contribution in [1.82, 2.24) is 4.98 Å². The van der Waals surface area contributed by atoms with E-state index >= 15 is 0 Å². The largest absolute Gasteiger partial charge is 0.309 e. The molecule has 9 rings (SSSR count). The molecule has 0 radical (unpaired) electrons. The molecule has 0 aliphatic rings. The Bertz CT molecular complexity index is 2460. The molecule has 6 aromatic carbocycles. The van der Waals surface area contributed by atoms with Crippen molar-refractivity contribution >= 4 is 90.9 Å². The molecule has 0 saturated carbocycles. The van der Waals surface area contributed by atoms with Crippen molar-refractivity contribution in [2.24, 2.45) is 0 Å². The number of fused-ring (bicyclic) bond motifs is 7. The smallest absolute Gasteiger partial charge is 0.0640 e. The van der Waals surface area contributed by atoms with E-state index in [1.807, 2.05) is 23.7 Å². The molecule has 0 bridgehead atoms. The maximum Gasteiger partial charge on any atom is 0.0640 e. The third kappa shape index (κ3) is 3.95. The Balaban J connectivity index is 1.26. The van der Waals surface area contributed by atoms with Gasteiger partial charge >= 0.3 is 0 Å². The fraction of sp³-hybridized carbons (Fsp3) is 0. The molecule has 0 amide bonds. The molecule has 0 aliphatic heterocycles.